The molecule has 0 radical (unpaired) electrons. The summed E-state index contributed by atoms with van der Waals surface area (Å²) in [6.45, 7) is 11.3. The van der Waals surface area contributed by atoms with Crippen molar-refractivity contribution >= 4 is 0 Å². The maximum absolute atomic E-state index is 6.57. The fourth-order valence-corrected chi connectivity index (χ4v) is 3.53. The molecule has 0 bridgehead atoms. The molecule has 2 rings (SSSR count). The molecule has 0 aromatic carbocycles. The van der Waals surface area contributed by atoms with E-state index in [1.165, 1.54) is 30.5 Å². The molecule has 1 aliphatic rings. The summed E-state index contributed by atoms with van der Waals surface area (Å²) in [5, 5.41) is 4.75. The molecule has 120 valence electrons. The fourth-order valence-electron chi connectivity index (χ4n) is 3.53. The summed E-state index contributed by atoms with van der Waals surface area (Å²) in [6, 6.07) is 0.528. The van der Waals surface area contributed by atoms with Crippen molar-refractivity contribution in [2.24, 2.45) is 12.8 Å². The molecule has 2 unspecified atom stereocenters. The Hall–Kier alpha value is -0.870. The van der Waals surface area contributed by atoms with E-state index in [4.69, 9.17) is 10.8 Å². The third-order valence-electron chi connectivity index (χ3n) is 4.43. The Kier molecular flexibility index (Phi) is 5.10. The van der Waals surface area contributed by atoms with Gasteiger partial charge < -0.3 is 5.73 Å². The van der Waals surface area contributed by atoms with Crippen LogP contribution in [0, 0.1) is 0 Å². The van der Waals surface area contributed by atoms with Crippen LogP contribution in [0.4, 0.5) is 0 Å². The zero-order valence-electron chi connectivity index (χ0n) is 14.4. The van der Waals surface area contributed by atoms with Crippen LogP contribution in [0.25, 0.3) is 0 Å². The Bertz CT molecular complexity index is 458. The molecule has 1 aromatic heterocycles. The molecule has 1 aliphatic heterocycles. The van der Waals surface area contributed by atoms with Crippen molar-refractivity contribution in [3.8, 4) is 0 Å². The Morgan fingerprint density at radius 2 is 2.05 bits per heavy atom. The predicted octanol–water partition coefficient (Wildman–Crippen LogP) is 2.98. The molecule has 1 saturated heterocycles. The van der Waals surface area contributed by atoms with Crippen LogP contribution in [0.2, 0.25) is 0 Å². The van der Waals surface area contributed by atoms with Gasteiger partial charge in [0.25, 0.3) is 0 Å². The van der Waals surface area contributed by atoms with Crippen LogP contribution in [0.3, 0.4) is 0 Å². The summed E-state index contributed by atoms with van der Waals surface area (Å²) in [6.07, 6.45) is 6.98. The second-order valence-corrected chi connectivity index (χ2v) is 7.50. The van der Waals surface area contributed by atoms with Crippen LogP contribution in [-0.2, 0) is 12.5 Å². The van der Waals surface area contributed by atoms with Gasteiger partial charge in [-0.05, 0) is 32.4 Å². The van der Waals surface area contributed by atoms with Crippen molar-refractivity contribution in [1.82, 2.24) is 14.7 Å². The van der Waals surface area contributed by atoms with Gasteiger partial charge in [-0.2, -0.15) is 5.10 Å². The molecular weight excluding hydrogens is 260 g/mol. The smallest absolute Gasteiger partial charge is 0.0726 e. The first-order valence-corrected chi connectivity index (χ1v) is 8.38. The van der Waals surface area contributed by atoms with Gasteiger partial charge in [-0.15, -0.1) is 0 Å². The van der Waals surface area contributed by atoms with E-state index in [-0.39, 0.29) is 11.5 Å². The van der Waals surface area contributed by atoms with Gasteiger partial charge in [-0.1, -0.05) is 34.1 Å². The number of nitrogens with two attached hydrogens (primary N) is 1. The zero-order chi connectivity index (χ0) is 15.6. The standard InChI is InChI=1S/C17H32N4/c1-6-10-21-11-8-7-9-14(18)15(21)13-12-20(5)19-16(13)17(2,3)4/h12,14-15H,6-11,18H2,1-5H3. The van der Waals surface area contributed by atoms with E-state index in [1.54, 1.807) is 0 Å². The minimum Gasteiger partial charge on any atom is -0.326 e. The Labute approximate surface area is 129 Å². The Morgan fingerprint density at radius 1 is 1.33 bits per heavy atom. The molecule has 2 heterocycles. The molecule has 2 N–H and O–H groups in total. The summed E-state index contributed by atoms with van der Waals surface area (Å²) in [5.74, 6) is 0. The second-order valence-electron chi connectivity index (χ2n) is 7.50. The van der Waals surface area contributed by atoms with Crippen molar-refractivity contribution in [2.75, 3.05) is 13.1 Å². The molecule has 0 aliphatic carbocycles. The minimum absolute atomic E-state index is 0.0561. The zero-order valence-corrected chi connectivity index (χ0v) is 14.4. The summed E-state index contributed by atoms with van der Waals surface area (Å²) < 4.78 is 1.96. The summed E-state index contributed by atoms with van der Waals surface area (Å²) in [4.78, 5) is 2.59. The normalized spacial score (nSPS) is 25.0. The first-order valence-electron chi connectivity index (χ1n) is 8.38. The van der Waals surface area contributed by atoms with Gasteiger partial charge in [0, 0.05) is 30.3 Å². The van der Waals surface area contributed by atoms with E-state index in [2.05, 4.69) is 38.8 Å². The molecule has 0 saturated carbocycles. The van der Waals surface area contributed by atoms with E-state index in [9.17, 15) is 0 Å². The first kappa shape index (κ1) is 16.5. The van der Waals surface area contributed by atoms with Crippen molar-refractivity contribution in [3.05, 3.63) is 17.5 Å². The average molecular weight is 292 g/mol. The highest BCUT2D eigenvalue weighted by molar-refractivity contribution is 5.29. The maximum Gasteiger partial charge on any atom is 0.0726 e. The Morgan fingerprint density at radius 3 is 2.67 bits per heavy atom. The van der Waals surface area contributed by atoms with Gasteiger partial charge in [0.15, 0.2) is 0 Å². The lowest BCUT2D eigenvalue weighted by atomic mass is 9.85. The lowest BCUT2D eigenvalue weighted by molar-refractivity contribution is 0.184. The minimum atomic E-state index is 0.0561. The van der Waals surface area contributed by atoms with E-state index in [0.29, 0.717) is 6.04 Å². The van der Waals surface area contributed by atoms with Crippen molar-refractivity contribution < 1.29 is 0 Å². The SMILES string of the molecule is CCCN1CCCCC(N)C1c1cn(C)nc1C(C)(C)C. The number of aromatic nitrogens is 2. The van der Waals surface area contributed by atoms with Crippen molar-refractivity contribution in [1.29, 1.82) is 0 Å². The molecule has 0 amide bonds. The second kappa shape index (κ2) is 6.49. The van der Waals surface area contributed by atoms with Gasteiger partial charge >= 0.3 is 0 Å². The molecule has 2 atom stereocenters. The lowest BCUT2D eigenvalue weighted by Gasteiger charge is -2.34. The van der Waals surface area contributed by atoms with Gasteiger partial charge in [-0.25, -0.2) is 0 Å². The van der Waals surface area contributed by atoms with Gasteiger partial charge in [-0.3, -0.25) is 9.58 Å². The first-order chi connectivity index (χ1) is 9.84. The highest BCUT2D eigenvalue weighted by Gasteiger charge is 2.34. The number of aryl methyl sites for hydroxylation is 1. The molecule has 1 aromatic rings. The predicted molar refractivity (Wildman–Crippen MR) is 88.3 cm³/mol. The quantitative estimate of drug-likeness (QED) is 0.931. The average Bonchev–Trinajstić information content (AvgIpc) is 2.67. The third kappa shape index (κ3) is 3.67. The lowest BCUT2D eigenvalue weighted by Crippen LogP contribution is -2.41. The summed E-state index contributed by atoms with van der Waals surface area (Å²) in [7, 11) is 2.02. The van der Waals surface area contributed by atoms with Crippen molar-refractivity contribution in [3.63, 3.8) is 0 Å². The number of hydrogen-bond donors (Lipinski definition) is 1. The van der Waals surface area contributed by atoms with E-state index in [1.807, 2.05) is 11.7 Å². The fraction of sp³-hybridized carbons (Fsp3) is 0.824. The Balaban J connectivity index is 2.44. The summed E-state index contributed by atoms with van der Waals surface area (Å²) >= 11 is 0. The van der Waals surface area contributed by atoms with E-state index < -0.39 is 0 Å². The van der Waals surface area contributed by atoms with E-state index >= 15 is 0 Å². The number of likely N-dealkylation sites (tertiary alicyclic amines) is 1. The maximum atomic E-state index is 6.57. The number of hydrogen-bond acceptors (Lipinski definition) is 3. The summed E-state index contributed by atoms with van der Waals surface area (Å²) in [5.41, 5.74) is 9.17. The largest absolute Gasteiger partial charge is 0.326 e. The number of nitrogens with zero attached hydrogens (tertiary/aromatic N) is 3. The van der Waals surface area contributed by atoms with Crippen LogP contribution in [0.5, 0.6) is 0 Å². The topological polar surface area (TPSA) is 47.1 Å². The van der Waals surface area contributed by atoms with Gasteiger partial charge in [0.1, 0.15) is 0 Å². The van der Waals surface area contributed by atoms with Gasteiger partial charge in [0.2, 0.25) is 0 Å². The van der Waals surface area contributed by atoms with Crippen LogP contribution >= 0.6 is 0 Å². The molecule has 4 heteroatoms. The number of rotatable bonds is 3. The molecule has 0 spiro atoms. The van der Waals surface area contributed by atoms with Gasteiger partial charge in [0.05, 0.1) is 11.7 Å². The van der Waals surface area contributed by atoms with Crippen LogP contribution in [0.1, 0.15) is 70.7 Å². The molecular formula is C17H32N4. The highest BCUT2D eigenvalue weighted by atomic mass is 15.3. The third-order valence-corrected chi connectivity index (χ3v) is 4.43. The molecule has 1 fully saturated rings. The molecule has 4 nitrogen and oxygen atoms in total. The van der Waals surface area contributed by atoms with Crippen LogP contribution < -0.4 is 5.73 Å². The monoisotopic (exact) mass is 292 g/mol. The van der Waals surface area contributed by atoms with Crippen molar-refractivity contribution in [2.45, 2.75) is 70.9 Å². The van der Waals surface area contributed by atoms with Crippen LogP contribution in [0.15, 0.2) is 6.20 Å². The molecule has 21 heavy (non-hydrogen) atoms. The van der Waals surface area contributed by atoms with E-state index in [0.717, 1.165) is 19.5 Å². The highest BCUT2D eigenvalue weighted by Crippen LogP contribution is 2.35. The van der Waals surface area contributed by atoms with Crippen LogP contribution in [-0.4, -0.2) is 33.8 Å².